The van der Waals surface area contributed by atoms with Crippen LogP contribution in [-0.4, -0.2) is 56.5 Å². The Labute approximate surface area is 114 Å². The Morgan fingerprint density at radius 2 is 2.50 bits per heavy atom. The van der Waals surface area contributed by atoms with Crippen LogP contribution in [-0.2, 0) is 6.54 Å². The first-order chi connectivity index (χ1) is 8.79. The summed E-state index contributed by atoms with van der Waals surface area (Å²) in [5.74, 6) is 3.32. The van der Waals surface area contributed by atoms with Crippen LogP contribution in [0.1, 0.15) is 10.5 Å². The van der Waals surface area contributed by atoms with Crippen molar-refractivity contribution >= 4 is 29.4 Å². The van der Waals surface area contributed by atoms with E-state index in [1.54, 1.807) is 10.9 Å². The third-order valence-corrected chi connectivity index (χ3v) is 5.35. The summed E-state index contributed by atoms with van der Waals surface area (Å²) in [6.45, 7) is 1.76. The van der Waals surface area contributed by atoms with Gasteiger partial charge in [-0.15, -0.1) is 5.10 Å². The summed E-state index contributed by atoms with van der Waals surface area (Å²) in [4.78, 5) is 11.8. The number of hydrogen-bond acceptors (Lipinski definition) is 6. The quantitative estimate of drug-likeness (QED) is 0.781. The number of thioether (sulfide) groups is 2. The fraction of sp³-hybridized carbons (Fsp3) is 0.700. The van der Waals surface area contributed by atoms with E-state index < -0.39 is 0 Å². The van der Waals surface area contributed by atoms with E-state index in [0.717, 1.165) is 11.5 Å². The zero-order valence-electron chi connectivity index (χ0n) is 10.0. The van der Waals surface area contributed by atoms with Gasteiger partial charge in [0.25, 0.3) is 5.91 Å². The summed E-state index contributed by atoms with van der Waals surface area (Å²) >= 11 is 3.86. The van der Waals surface area contributed by atoms with Gasteiger partial charge in [-0.05, 0) is 0 Å². The van der Waals surface area contributed by atoms with Crippen molar-refractivity contribution < 1.29 is 4.79 Å². The number of nitrogens with two attached hydrogens (primary N) is 1. The number of hydrogen-bond donors (Lipinski definition) is 2. The first-order valence-electron chi connectivity index (χ1n) is 5.87. The molecule has 18 heavy (non-hydrogen) atoms. The van der Waals surface area contributed by atoms with Crippen molar-refractivity contribution in [3.63, 3.8) is 0 Å². The maximum Gasteiger partial charge on any atom is 0.273 e. The first kappa shape index (κ1) is 13.7. The second-order valence-electron chi connectivity index (χ2n) is 3.93. The highest BCUT2D eigenvalue weighted by atomic mass is 32.2. The van der Waals surface area contributed by atoms with Crippen molar-refractivity contribution in [3.8, 4) is 0 Å². The van der Waals surface area contributed by atoms with E-state index in [9.17, 15) is 4.79 Å². The SMILES string of the molecule is NCCn1cc(C(=O)NCC2CSCCS2)nn1. The van der Waals surface area contributed by atoms with Gasteiger partial charge in [-0.1, -0.05) is 5.21 Å². The van der Waals surface area contributed by atoms with Gasteiger partial charge >= 0.3 is 0 Å². The fourth-order valence-electron chi connectivity index (χ4n) is 1.60. The van der Waals surface area contributed by atoms with Crippen molar-refractivity contribution in [1.29, 1.82) is 0 Å². The van der Waals surface area contributed by atoms with Crippen LogP contribution in [0.25, 0.3) is 0 Å². The number of aromatic nitrogens is 3. The molecule has 1 aliphatic rings. The number of carbonyl (C=O) groups excluding carboxylic acids is 1. The molecule has 0 spiro atoms. The third kappa shape index (κ3) is 3.89. The Bertz CT molecular complexity index is 391. The Morgan fingerprint density at radius 3 is 3.22 bits per heavy atom. The molecule has 1 unspecified atom stereocenters. The van der Waals surface area contributed by atoms with Crippen molar-refractivity contribution in [2.45, 2.75) is 11.8 Å². The molecule has 0 saturated carbocycles. The summed E-state index contributed by atoms with van der Waals surface area (Å²) in [5.41, 5.74) is 5.77. The van der Waals surface area contributed by atoms with Crippen molar-refractivity contribution in [2.75, 3.05) is 30.3 Å². The number of carbonyl (C=O) groups is 1. The number of nitrogens with one attached hydrogen (secondary N) is 1. The molecule has 2 rings (SSSR count). The van der Waals surface area contributed by atoms with Gasteiger partial charge in [0, 0.05) is 35.6 Å². The number of nitrogens with zero attached hydrogens (tertiary/aromatic N) is 3. The summed E-state index contributed by atoms with van der Waals surface area (Å²) in [5, 5.41) is 11.1. The van der Waals surface area contributed by atoms with Crippen LogP contribution in [0.4, 0.5) is 0 Å². The summed E-state index contributed by atoms with van der Waals surface area (Å²) in [6.07, 6.45) is 1.63. The molecule has 1 fully saturated rings. The van der Waals surface area contributed by atoms with Gasteiger partial charge in [-0.2, -0.15) is 23.5 Å². The van der Waals surface area contributed by atoms with E-state index >= 15 is 0 Å². The average Bonchev–Trinajstić information content (AvgIpc) is 2.86. The van der Waals surface area contributed by atoms with Crippen LogP contribution in [0.2, 0.25) is 0 Å². The van der Waals surface area contributed by atoms with E-state index in [0.29, 0.717) is 30.6 Å². The maximum absolute atomic E-state index is 11.8. The van der Waals surface area contributed by atoms with Gasteiger partial charge in [0.2, 0.25) is 0 Å². The van der Waals surface area contributed by atoms with Gasteiger partial charge in [0.05, 0.1) is 12.7 Å². The normalized spacial score (nSPS) is 19.7. The highest BCUT2D eigenvalue weighted by Gasteiger charge is 2.16. The zero-order chi connectivity index (χ0) is 12.8. The lowest BCUT2D eigenvalue weighted by molar-refractivity contribution is 0.0949. The molecule has 0 aromatic carbocycles. The molecule has 1 saturated heterocycles. The molecule has 0 bridgehead atoms. The van der Waals surface area contributed by atoms with Crippen LogP contribution in [0.15, 0.2) is 6.20 Å². The smallest absolute Gasteiger partial charge is 0.273 e. The average molecular weight is 287 g/mol. The van der Waals surface area contributed by atoms with E-state index in [4.69, 9.17) is 5.73 Å². The highest BCUT2D eigenvalue weighted by molar-refractivity contribution is 8.06. The van der Waals surface area contributed by atoms with Gasteiger partial charge in [0.1, 0.15) is 0 Å². The standard InChI is InChI=1S/C10H17N5OS2/c11-1-2-15-6-9(13-14-15)10(16)12-5-8-7-17-3-4-18-8/h6,8H,1-5,7,11H2,(H,12,16). The summed E-state index contributed by atoms with van der Waals surface area (Å²) in [6, 6.07) is 0. The molecular formula is C10H17N5OS2. The summed E-state index contributed by atoms with van der Waals surface area (Å²) in [7, 11) is 0. The molecule has 1 aromatic heterocycles. The topological polar surface area (TPSA) is 85.8 Å². The van der Waals surface area contributed by atoms with Crippen LogP contribution in [0, 0.1) is 0 Å². The monoisotopic (exact) mass is 287 g/mol. The lowest BCUT2D eigenvalue weighted by atomic mass is 10.4. The minimum absolute atomic E-state index is 0.158. The molecule has 2 heterocycles. The predicted octanol–water partition coefficient (Wildman–Crippen LogP) is -0.185. The molecule has 1 amide bonds. The van der Waals surface area contributed by atoms with Gasteiger partial charge in [-0.3, -0.25) is 9.48 Å². The minimum Gasteiger partial charge on any atom is -0.349 e. The van der Waals surface area contributed by atoms with Crippen LogP contribution in [0.5, 0.6) is 0 Å². The van der Waals surface area contributed by atoms with Crippen molar-refractivity contribution in [1.82, 2.24) is 20.3 Å². The fourth-order valence-corrected chi connectivity index (χ4v) is 4.21. The van der Waals surface area contributed by atoms with Gasteiger partial charge < -0.3 is 11.1 Å². The molecule has 1 aromatic rings. The number of amides is 1. The van der Waals surface area contributed by atoms with Crippen molar-refractivity contribution in [3.05, 3.63) is 11.9 Å². The second kappa shape index (κ2) is 7.01. The molecule has 1 atom stereocenters. The second-order valence-corrected chi connectivity index (χ2v) is 6.49. The van der Waals surface area contributed by atoms with Crippen LogP contribution < -0.4 is 11.1 Å². The Hall–Kier alpha value is -0.730. The third-order valence-electron chi connectivity index (χ3n) is 2.50. The maximum atomic E-state index is 11.8. The van der Waals surface area contributed by atoms with Crippen LogP contribution in [0.3, 0.4) is 0 Å². The first-order valence-corrected chi connectivity index (χ1v) is 8.07. The predicted molar refractivity (Wildman–Crippen MR) is 75.0 cm³/mol. The molecule has 8 heteroatoms. The van der Waals surface area contributed by atoms with E-state index in [2.05, 4.69) is 15.6 Å². The van der Waals surface area contributed by atoms with Gasteiger partial charge in [-0.25, -0.2) is 0 Å². The van der Waals surface area contributed by atoms with Crippen molar-refractivity contribution in [2.24, 2.45) is 5.73 Å². The lowest BCUT2D eigenvalue weighted by Gasteiger charge is -2.20. The minimum atomic E-state index is -0.158. The van der Waals surface area contributed by atoms with Crippen LogP contribution >= 0.6 is 23.5 Å². The summed E-state index contributed by atoms with van der Waals surface area (Å²) < 4.78 is 1.58. The molecule has 3 N–H and O–H groups in total. The Morgan fingerprint density at radius 1 is 1.61 bits per heavy atom. The van der Waals surface area contributed by atoms with Gasteiger partial charge in [0.15, 0.2) is 5.69 Å². The molecule has 6 nitrogen and oxygen atoms in total. The van der Waals surface area contributed by atoms with E-state index in [-0.39, 0.29) is 5.91 Å². The Balaban J connectivity index is 1.79. The highest BCUT2D eigenvalue weighted by Crippen LogP contribution is 2.23. The Kier molecular flexibility index (Phi) is 5.33. The lowest BCUT2D eigenvalue weighted by Crippen LogP contribution is -2.33. The molecular weight excluding hydrogens is 270 g/mol. The zero-order valence-corrected chi connectivity index (χ0v) is 11.7. The molecule has 0 aliphatic carbocycles. The largest absolute Gasteiger partial charge is 0.349 e. The molecule has 1 aliphatic heterocycles. The van der Waals surface area contributed by atoms with E-state index in [1.807, 2.05) is 23.5 Å². The molecule has 0 radical (unpaired) electrons. The van der Waals surface area contributed by atoms with E-state index in [1.165, 1.54) is 5.75 Å². The molecule has 100 valence electrons. The number of rotatable bonds is 5.